The SMILES string of the molecule is COc1ccc(CN2C(=O)C(=Cc3c(N4CCCc5ccccc54)nc4ccccn4c3=O)SC2=S)cc1. The van der Waals surface area contributed by atoms with Gasteiger partial charge in [-0.15, -0.1) is 0 Å². The van der Waals surface area contributed by atoms with Gasteiger partial charge in [-0.1, -0.05) is 60.4 Å². The Labute approximate surface area is 229 Å². The van der Waals surface area contributed by atoms with Crippen molar-refractivity contribution in [3.8, 4) is 5.75 Å². The number of pyridine rings is 1. The number of carbonyl (C=O) groups is 1. The van der Waals surface area contributed by atoms with Gasteiger partial charge in [0.15, 0.2) is 0 Å². The molecule has 2 aromatic carbocycles. The first kappa shape index (κ1) is 24.4. The summed E-state index contributed by atoms with van der Waals surface area (Å²) in [5.41, 5.74) is 3.88. The molecule has 6 rings (SSSR count). The Balaban J connectivity index is 1.43. The number of methoxy groups -OCH3 is 1. The molecule has 2 aliphatic heterocycles. The van der Waals surface area contributed by atoms with Crippen molar-refractivity contribution >= 4 is 57.4 Å². The third-order valence-electron chi connectivity index (χ3n) is 6.76. The van der Waals surface area contributed by atoms with E-state index in [4.69, 9.17) is 21.9 Å². The second kappa shape index (κ2) is 10.1. The molecule has 0 bridgehead atoms. The van der Waals surface area contributed by atoms with Crippen molar-refractivity contribution in [2.24, 2.45) is 0 Å². The second-order valence-electron chi connectivity index (χ2n) is 9.08. The maximum atomic E-state index is 13.8. The topological polar surface area (TPSA) is 67.2 Å². The molecule has 0 saturated carbocycles. The summed E-state index contributed by atoms with van der Waals surface area (Å²) >= 11 is 6.78. The quantitative estimate of drug-likeness (QED) is 0.255. The summed E-state index contributed by atoms with van der Waals surface area (Å²) in [5, 5.41) is 0. The van der Waals surface area contributed by atoms with Crippen LogP contribution in [-0.2, 0) is 17.8 Å². The van der Waals surface area contributed by atoms with Crippen LogP contribution in [-0.4, -0.2) is 38.2 Å². The molecular formula is C29H24N4O3S2. The fourth-order valence-corrected chi connectivity index (χ4v) is 6.09. The molecule has 1 amide bonds. The fraction of sp³-hybridized carbons (Fsp3) is 0.172. The smallest absolute Gasteiger partial charge is 0.267 e. The van der Waals surface area contributed by atoms with Crippen LogP contribution < -0.4 is 15.2 Å². The van der Waals surface area contributed by atoms with E-state index in [0.717, 1.165) is 36.4 Å². The van der Waals surface area contributed by atoms with Gasteiger partial charge in [-0.2, -0.15) is 0 Å². The minimum absolute atomic E-state index is 0.224. The van der Waals surface area contributed by atoms with Gasteiger partial charge in [0.05, 0.1) is 24.1 Å². The van der Waals surface area contributed by atoms with Crippen molar-refractivity contribution < 1.29 is 9.53 Å². The van der Waals surface area contributed by atoms with E-state index < -0.39 is 0 Å². The maximum absolute atomic E-state index is 13.8. The van der Waals surface area contributed by atoms with E-state index in [-0.39, 0.29) is 11.5 Å². The highest BCUT2D eigenvalue weighted by molar-refractivity contribution is 8.26. The molecular weight excluding hydrogens is 516 g/mol. The molecule has 0 spiro atoms. The normalized spacial score (nSPS) is 16.4. The Morgan fingerprint density at radius 2 is 1.84 bits per heavy atom. The zero-order chi connectivity index (χ0) is 26.2. The highest BCUT2D eigenvalue weighted by Crippen LogP contribution is 2.37. The van der Waals surface area contributed by atoms with Crippen molar-refractivity contribution in [3.05, 3.63) is 105 Å². The van der Waals surface area contributed by atoms with Gasteiger partial charge < -0.3 is 9.64 Å². The van der Waals surface area contributed by atoms with Crippen molar-refractivity contribution in [2.45, 2.75) is 19.4 Å². The Morgan fingerprint density at radius 3 is 2.66 bits per heavy atom. The van der Waals surface area contributed by atoms with Crippen LogP contribution in [0.25, 0.3) is 11.7 Å². The average Bonchev–Trinajstić information content (AvgIpc) is 3.22. The average molecular weight is 541 g/mol. The van der Waals surface area contributed by atoms with Crippen LogP contribution in [0.1, 0.15) is 23.1 Å². The van der Waals surface area contributed by atoms with Crippen LogP contribution in [0.15, 0.2) is 82.6 Å². The molecule has 7 nitrogen and oxygen atoms in total. The van der Waals surface area contributed by atoms with Crippen molar-refractivity contribution in [3.63, 3.8) is 0 Å². The number of aromatic nitrogens is 2. The molecule has 1 saturated heterocycles. The standard InChI is InChI=1S/C29H24N4O3S2/c1-36-21-13-11-19(12-14-21)18-33-28(35)24(38-29(33)37)17-22-26(30-25-10-4-5-15-32(25)27(22)34)31-16-6-8-20-7-2-3-9-23(20)31/h2-5,7,9-15,17H,6,8,16,18H2,1H3. The maximum Gasteiger partial charge on any atom is 0.267 e. The molecule has 1 fully saturated rings. The van der Waals surface area contributed by atoms with E-state index in [1.54, 1.807) is 30.3 Å². The van der Waals surface area contributed by atoms with E-state index in [9.17, 15) is 9.59 Å². The van der Waals surface area contributed by atoms with Crippen molar-refractivity contribution in [1.29, 1.82) is 0 Å². The van der Waals surface area contributed by atoms with Gasteiger partial charge in [0.2, 0.25) is 0 Å². The van der Waals surface area contributed by atoms with Crippen LogP contribution in [0.4, 0.5) is 11.5 Å². The summed E-state index contributed by atoms with van der Waals surface area (Å²) < 4.78 is 7.20. The Morgan fingerprint density at radius 1 is 1.05 bits per heavy atom. The number of anilines is 2. The predicted molar refractivity (Wildman–Crippen MR) is 155 cm³/mol. The lowest BCUT2D eigenvalue weighted by Crippen LogP contribution is -2.30. The molecule has 0 unspecified atom stereocenters. The van der Waals surface area contributed by atoms with Crippen molar-refractivity contribution in [2.75, 3.05) is 18.6 Å². The molecule has 2 aliphatic rings. The van der Waals surface area contributed by atoms with Gasteiger partial charge in [0.1, 0.15) is 21.5 Å². The summed E-state index contributed by atoms with van der Waals surface area (Å²) in [7, 11) is 1.61. The Kier molecular flexibility index (Phi) is 6.47. The highest BCUT2D eigenvalue weighted by atomic mass is 32.2. The summed E-state index contributed by atoms with van der Waals surface area (Å²) in [5.74, 6) is 1.07. The number of rotatable bonds is 5. The summed E-state index contributed by atoms with van der Waals surface area (Å²) in [6.07, 6.45) is 5.27. The summed E-state index contributed by atoms with van der Waals surface area (Å²) in [6.45, 7) is 1.07. The van der Waals surface area contributed by atoms with E-state index in [2.05, 4.69) is 17.0 Å². The lowest BCUT2D eigenvalue weighted by Gasteiger charge is -2.31. The van der Waals surface area contributed by atoms with Gasteiger partial charge in [-0.25, -0.2) is 4.98 Å². The Bertz CT molecular complexity index is 1660. The number of para-hydroxylation sites is 1. The largest absolute Gasteiger partial charge is 0.497 e. The molecule has 4 aromatic rings. The number of thioether (sulfide) groups is 1. The van der Waals surface area contributed by atoms with Crippen LogP contribution in [0.2, 0.25) is 0 Å². The van der Waals surface area contributed by atoms with E-state index >= 15 is 0 Å². The molecule has 0 atom stereocenters. The molecule has 190 valence electrons. The number of amides is 1. The molecule has 2 aromatic heterocycles. The zero-order valence-corrected chi connectivity index (χ0v) is 22.3. The first-order valence-corrected chi connectivity index (χ1v) is 13.5. The lowest BCUT2D eigenvalue weighted by atomic mass is 10.0. The van der Waals surface area contributed by atoms with E-state index in [1.165, 1.54) is 21.7 Å². The van der Waals surface area contributed by atoms with Crippen LogP contribution in [0.5, 0.6) is 5.75 Å². The Hall–Kier alpha value is -3.95. The number of carbonyl (C=O) groups excluding carboxylic acids is 1. The van der Waals surface area contributed by atoms with Gasteiger partial charge in [0.25, 0.3) is 11.5 Å². The number of aryl methyl sites for hydroxylation is 1. The number of nitrogens with zero attached hydrogens (tertiary/aromatic N) is 4. The number of hydrogen-bond donors (Lipinski definition) is 0. The lowest BCUT2D eigenvalue weighted by molar-refractivity contribution is -0.122. The molecule has 4 heterocycles. The van der Waals surface area contributed by atoms with Gasteiger partial charge in [-0.3, -0.25) is 18.9 Å². The number of benzene rings is 2. The number of hydrogen-bond acceptors (Lipinski definition) is 7. The molecule has 0 radical (unpaired) electrons. The predicted octanol–water partition coefficient (Wildman–Crippen LogP) is 5.19. The number of ether oxygens (including phenoxy) is 1. The van der Waals surface area contributed by atoms with Crippen LogP contribution in [0.3, 0.4) is 0 Å². The first-order chi connectivity index (χ1) is 18.5. The zero-order valence-electron chi connectivity index (χ0n) is 20.7. The molecule has 0 N–H and O–H groups in total. The minimum atomic E-state index is -0.228. The number of thiocarbonyl (C=S) groups is 1. The summed E-state index contributed by atoms with van der Waals surface area (Å²) in [4.78, 5) is 36.3. The summed E-state index contributed by atoms with van der Waals surface area (Å²) in [6, 6.07) is 21.2. The molecule has 9 heteroatoms. The third-order valence-corrected chi connectivity index (χ3v) is 8.14. The van der Waals surface area contributed by atoms with Gasteiger partial charge in [-0.05, 0) is 60.4 Å². The minimum Gasteiger partial charge on any atom is -0.497 e. The monoisotopic (exact) mass is 540 g/mol. The van der Waals surface area contributed by atoms with Crippen LogP contribution >= 0.6 is 24.0 Å². The van der Waals surface area contributed by atoms with E-state index in [0.29, 0.717) is 32.8 Å². The number of fused-ring (bicyclic) bond motifs is 2. The molecule has 38 heavy (non-hydrogen) atoms. The second-order valence-corrected chi connectivity index (χ2v) is 10.8. The van der Waals surface area contributed by atoms with Gasteiger partial charge in [0, 0.05) is 18.4 Å². The van der Waals surface area contributed by atoms with Gasteiger partial charge >= 0.3 is 0 Å². The third kappa shape index (κ3) is 4.37. The van der Waals surface area contributed by atoms with Crippen LogP contribution in [0, 0.1) is 0 Å². The van der Waals surface area contributed by atoms with E-state index in [1.807, 2.05) is 48.5 Å². The van der Waals surface area contributed by atoms with Crippen molar-refractivity contribution in [1.82, 2.24) is 14.3 Å². The highest BCUT2D eigenvalue weighted by Gasteiger charge is 2.33. The fourth-order valence-electron chi connectivity index (χ4n) is 4.86. The first-order valence-electron chi connectivity index (χ1n) is 12.3. The molecule has 0 aliphatic carbocycles.